The minimum atomic E-state index is -0.583. The van der Waals surface area contributed by atoms with Crippen LogP contribution >= 0.6 is 11.6 Å². The largest absolute Gasteiger partial charge is 0.509 e. The maximum atomic E-state index is 11.7. The highest BCUT2D eigenvalue weighted by Gasteiger charge is 2.03. The van der Waals surface area contributed by atoms with Gasteiger partial charge in [-0.05, 0) is 23.4 Å². The van der Waals surface area contributed by atoms with Crippen LogP contribution in [0.25, 0.3) is 23.6 Å². The molecule has 0 saturated carbocycles. The summed E-state index contributed by atoms with van der Waals surface area (Å²) in [6.45, 7) is 7.10. The number of hydrogen-bond donors (Lipinski definition) is 1. The molecule has 0 spiro atoms. The lowest BCUT2D eigenvalue weighted by molar-refractivity contribution is 0.443. The van der Waals surface area contributed by atoms with Crippen molar-refractivity contribution in [2.75, 3.05) is 0 Å². The Balaban J connectivity index is 3.02. The molecule has 2 rings (SSSR count). The molecule has 0 aliphatic heterocycles. The Morgan fingerprint density at radius 2 is 2.18 bits per heavy atom. The van der Waals surface area contributed by atoms with Gasteiger partial charge in [-0.25, -0.2) is 4.79 Å². The molecular formula is C13H9ClO3. The Kier molecular flexibility index (Phi) is 2.77. The topological polar surface area (TPSA) is 50.4 Å². The fraction of sp³-hybridized carbons (Fsp3) is 0. The van der Waals surface area contributed by atoms with Crippen molar-refractivity contribution in [1.82, 2.24) is 0 Å². The average Bonchev–Trinajstić information content (AvgIpc) is 2.23. The fourth-order valence-electron chi connectivity index (χ4n) is 1.57. The zero-order chi connectivity index (χ0) is 12.6. The maximum Gasteiger partial charge on any atom is 0.344 e. The number of benzene rings is 1. The zero-order valence-corrected chi connectivity index (χ0v) is 9.62. The normalized spacial score (nSPS) is 11.9. The number of allylic oxidation sites excluding steroid dienone is 1. The van der Waals surface area contributed by atoms with E-state index in [1.807, 2.05) is 0 Å². The molecular weight excluding hydrogens is 240 g/mol. The van der Waals surface area contributed by atoms with E-state index in [9.17, 15) is 4.79 Å². The molecule has 2 aromatic rings. The molecule has 0 aliphatic carbocycles. The predicted octanol–water partition coefficient (Wildman–Crippen LogP) is 1.71. The Morgan fingerprint density at radius 3 is 2.82 bits per heavy atom. The van der Waals surface area contributed by atoms with Crippen molar-refractivity contribution >= 4 is 35.2 Å². The van der Waals surface area contributed by atoms with Crippen LogP contribution in [-0.2, 0) is 0 Å². The smallest absolute Gasteiger partial charge is 0.344 e. The summed E-state index contributed by atoms with van der Waals surface area (Å²) < 4.78 is 5.09. The molecule has 0 unspecified atom stereocenters. The van der Waals surface area contributed by atoms with E-state index in [1.54, 1.807) is 18.2 Å². The van der Waals surface area contributed by atoms with Crippen LogP contribution in [-0.4, -0.2) is 5.11 Å². The highest BCUT2D eigenvalue weighted by molar-refractivity contribution is 6.31. The molecule has 0 radical (unpaired) electrons. The number of aliphatic hydroxyl groups is 1. The van der Waals surface area contributed by atoms with E-state index in [-0.39, 0.29) is 11.0 Å². The van der Waals surface area contributed by atoms with Crippen LogP contribution in [0.3, 0.4) is 0 Å². The Bertz CT molecular complexity index is 772. The van der Waals surface area contributed by atoms with Gasteiger partial charge in [-0.1, -0.05) is 24.8 Å². The van der Waals surface area contributed by atoms with E-state index >= 15 is 0 Å². The molecule has 1 heterocycles. The van der Waals surface area contributed by atoms with Crippen LogP contribution in [0, 0.1) is 0 Å². The molecule has 17 heavy (non-hydrogen) atoms. The summed E-state index contributed by atoms with van der Waals surface area (Å²) in [5, 5.41) is 10.9. The fourth-order valence-corrected chi connectivity index (χ4v) is 1.73. The van der Waals surface area contributed by atoms with Crippen LogP contribution in [0.1, 0.15) is 0 Å². The number of hydrogen-bond acceptors (Lipinski definition) is 3. The Hall–Kier alpha value is -2.00. The molecule has 1 aromatic heterocycles. The van der Waals surface area contributed by atoms with Crippen molar-refractivity contribution in [3.8, 4) is 0 Å². The second-order valence-electron chi connectivity index (χ2n) is 3.56. The minimum absolute atomic E-state index is 0.187. The van der Waals surface area contributed by atoms with Gasteiger partial charge in [-0.3, -0.25) is 0 Å². The third-order valence-electron chi connectivity index (χ3n) is 2.33. The summed E-state index contributed by atoms with van der Waals surface area (Å²) in [5.74, 6) is -0.226. The molecule has 1 N–H and O–H groups in total. The van der Waals surface area contributed by atoms with Gasteiger partial charge >= 0.3 is 5.63 Å². The number of aliphatic hydroxyl groups excluding tert-OH is 1. The third-order valence-corrected chi connectivity index (χ3v) is 2.56. The standard InChI is InChI=1S/C13H9ClO3/c1-7(15)5-11-8(2)10-4-3-9(14)6-12(10)17-13(11)16/h3-6,15H,1-2H2/b11-5+. The molecule has 0 atom stereocenters. The van der Waals surface area contributed by atoms with E-state index in [0.717, 1.165) is 0 Å². The lowest BCUT2D eigenvalue weighted by Crippen LogP contribution is -2.38. The lowest BCUT2D eigenvalue weighted by atomic mass is 10.1. The van der Waals surface area contributed by atoms with Crippen LogP contribution in [0.5, 0.6) is 0 Å². The first-order valence-electron chi connectivity index (χ1n) is 4.80. The summed E-state index contributed by atoms with van der Waals surface area (Å²) in [4.78, 5) is 11.7. The second-order valence-corrected chi connectivity index (χ2v) is 3.99. The Morgan fingerprint density at radius 1 is 1.47 bits per heavy atom. The van der Waals surface area contributed by atoms with Crippen LogP contribution in [0.2, 0.25) is 5.02 Å². The molecule has 0 bridgehead atoms. The van der Waals surface area contributed by atoms with Gasteiger partial charge in [0.05, 0.1) is 5.22 Å². The second kappa shape index (κ2) is 4.11. The van der Waals surface area contributed by atoms with Gasteiger partial charge in [0.15, 0.2) is 0 Å². The van der Waals surface area contributed by atoms with Crippen molar-refractivity contribution in [3.63, 3.8) is 0 Å². The first-order valence-corrected chi connectivity index (χ1v) is 5.18. The first-order chi connectivity index (χ1) is 7.99. The van der Waals surface area contributed by atoms with Crippen molar-refractivity contribution < 1.29 is 9.52 Å². The maximum absolute atomic E-state index is 11.7. The molecule has 0 aliphatic rings. The summed E-state index contributed by atoms with van der Waals surface area (Å²) in [7, 11) is 0. The van der Waals surface area contributed by atoms with Crippen molar-refractivity contribution in [3.05, 3.63) is 56.4 Å². The lowest BCUT2D eigenvalue weighted by Gasteiger charge is -1.98. The van der Waals surface area contributed by atoms with Crippen molar-refractivity contribution in [2.45, 2.75) is 0 Å². The van der Waals surface area contributed by atoms with Gasteiger partial charge in [-0.2, -0.15) is 0 Å². The predicted molar refractivity (Wildman–Crippen MR) is 68.5 cm³/mol. The van der Waals surface area contributed by atoms with E-state index in [1.165, 1.54) is 6.08 Å². The molecule has 0 saturated heterocycles. The molecule has 86 valence electrons. The zero-order valence-electron chi connectivity index (χ0n) is 8.87. The van der Waals surface area contributed by atoms with Gasteiger partial charge in [0.2, 0.25) is 0 Å². The van der Waals surface area contributed by atoms with Gasteiger partial charge in [-0.15, -0.1) is 0 Å². The molecule has 0 fully saturated rings. The van der Waals surface area contributed by atoms with Gasteiger partial charge in [0.1, 0.15) is 11.3 Å². The monoisotopic (exact) mass is 248 g/mol. The minimum Gasteiger partial charge on any atom is -0.509 e. The molecule has 0 amide bonds. The quantitative estimate of drug-likeness (QED) is 0.617. The SMILES string of the molecule is C=C(O)/C=c1/c(=O)oc2cc(Cl)ccc2c1=C. The molecule has 3 nitrogen and oxygen atoms in total. The molecule has 1 aromatic carbocycles. The number of rotatable bonds is 1. The van der Waals surface area contributed by atoms with Crippen LogP contribution in [0.15, 0.2) is 39.7 Å². The van der Waals surface area contributed by atoms with E-state index in [2.05, 4.69) is 13.2 Å². The van der Waals surface area contributed by atoms with E-state index < -0.39 is 5.63 Å². The highest BCUT2D eigenvalue weighted by Crippen LogP contribution is 2.14. The van der Waals surface area contributed by atoms with Crippen LogP contribution < -0.4 is 16.1 Å². The highest BCUT2D eigenvalue weighted by atomic mass is 35.5. The summed E-state index contributed by atoms with van der Waals surface area (Å²) in [5.41, 5.74) is -0.215. The van der Waals surface area contributed by atoms with E-state index in [0.29, 0.717) is 21.2 Å². The third kappa shape index (κ3) is 2.10. The van der Waals surface area contributed by atoms with Crippen LogP contribution in [0.4, 0.5) is 0 Å². The summed E-state index contributed by atoms with van der Waals surface area (Å²) >= 11 is 5.80. The van der Waals surface area contributed by atoms with Crippen molar-refractivity contribution in [1.29, 1.82) is 0 Å². The van der Waals surface area contributed by atoms with Gasteiger partial charge < -0.3 is 9.52 Å². The summed E-state index contributed by atoms with van der Waals surface area (Å²) in [6.07, 6.45) is 1.22. The average molecular weight is 249 g/mol. The summed E-state index contributed by atoms with van der Waals surface area (Å²) in [6, 6.07) is 4.93. The van der Waals surface area contributed by atoms with Gasteiger partial charge in [0, 0.05) is 16.5 Å². The van der Waals surface area contributed by atoms with E-state index in [4.69, 9.17) is 21.1 Å². The van der Waals surface area contributed by atoms with Crippen molar-refractivity contribution in [2.24, 2.45) is 0 Å². The first kappa shape index (κ1) is 11.5. The molecule has 4 heteroatoms. The van der Waals surface area contributed by atoms with Gasteiger partial charge in [0.25, 0.3) is 0 Å². The Labute approximate surface area is 102 Å². The number of halogens is 1. The number of fused-ring (bicyclic) bond motifs is 1.